The second-order valence-corrected chi connectivity index (χ2v) is 12.0. The van der Waals surface area contributed by atoms with Gasteiger partial charge in [0, 0.05) is 23.2 Å². The first-order valence-corrected chi connectivity index (χ1v) is 13.0. The molecule has 0 heterocycles. The Bertz CT molecular complexity index is 1010. The zero-order chi connectivity index (χ0) is 25.4. The van der Waals surface area contributed by atoms with Crippen LogP contribution in [0.25, 0.3) is 0 Å². The maximum atomic E-state index is 15.7. The van der Waals surface area contributed by atoms with Crippen molar-refractivity contribution in [3.8, 4) is 0 Å². The summed E-state index contributed by atoms with van der Waals surface area (Å²) in [5, 5.41) is 11.6. The Labute approximate surface area is 214 Å². The number of rotatable bonds is 4. The van der Waals surface area contributed by atoms with Gasteiger partial charge in [-0.1, -0.05) is 39.3 Å². The molecule has 0 saturated heterocycles. The van der Waals surface area contributed by atoms with E-state index in [1.807, 2.05) is 13.8 Å². The van der Waals surface area contributed by atoms with Crippen LogP contribution in [0.5, 0.6) is 0 Å². The van der Waals surface area contributed by atoms with Gasteiger partial charge in [0.1, 0.15) is 6.17 Å². The molecule has 0 radical (unpaired) electrons. The van der Waals surface area contributed by atoms with Gasteiger partial charge in [-0.3, -0.25) is 14.4 Å². The number of hydrogen-bond donors (Lipinski definition) is 1. The minimum absolute atomic E-state index is 0.0272. The summed E-state index contributed by atoms with van der Waals surface area (Å²) in [7, 11) is 0. The average Bonchev–Trinajstić information content (AvgIpc) is 2.99. The quantitative estimate of drug-likeness (QED) is 0.410. The molecule has 5 nitrogen and oxygen atoms in total. The molecule has 188 valence electrons. The molecule has 34 heavy (non-hydrogen) atoms. The first-order chi connectivity index (χ1) is 15.7. The van der Waals surface area contributed by atoms with Gasteiger partial charge in [-0.2, -0.15) is 0 Å². The van der Waals surface area contributed by atoms with Crippen LogP contribution in [0.3, 0.4) is 0 Å². The summed E-state index contributed by atoms with van der Waals surface area (Å²) in [6.07, 6.45) is 0.525. The minimum Gasteiger partial charge on any atom is -0.450 e. The van der Waals surface area contributed by atoms with E-state index >= 15 is 4.39 Å². The number of hydrogen-bond acceptors (Lipinski definition) is 5. The van der Waals surface area contributed by atoms with Crippen molar-refractivity contribution in [3.63, 3.8) is 0 Å². The molecule has 9 heteroatoms. The van der Waals surface area contributed by atoms with Crippen LogP contribution in [0.15, 0.2) is 22.8 Å². The van der Waals surface area contributed by atoms with Crippen molar-refractivity contribution >= 4 is 52.3 Å². The fourth-order valence-corrected chi connectivity index (χ4v) is 8.75. The Morgan fingerprint density at radius 1 is 1.26 bits per heavy atom. The van der Waals surface area contributed by atoms with Gasteiger partial charge in [0.05, 0.1) is 21.9 Å². The standard InChI is InChI=1S/C25H30Cl3FO5/c1-5-21(33)34-25(20(32)11-26)12(2)6-13-14-7-17(29)15-8-18(30)16(27)9-22(15,3)24(14,28)19(31)10-23(13,25)4/h8-9,12-14,17,19,31H,5-7,10-11H2,1-4H3/t12?,13-,14-,17?,19?,22-,23-,24-,25-/m0/s1. The van der Waals surface area contributed by atoms with Crippen molar-refractivity contribution in [1.82, 2.24) is 0 Å². The van der Waals surface area contributed by atoms with E-state index in [9.17, 15) is 19.5 Å². The molecular formula is C25H30Cl3FO5. The summed E-state index contributed by atoms with van der Waals surface area (Å²) in [6, 6.07) is 0. The number of esters is 1. The summed E-state index contributed by atoms with van der Waals surface area (Å²) in [5.41, 5.74) is -3.57. The van der Waals surface area contributed by atoms with Crippen molar-refractivity contribution in [3.05, 3.63) is 22.8 Å². The highest BCUT2D eigenvalue weighted by molar-refractivity contribution is 6.45. The largest absolute Gasteiger partial charge is 0.450 e. The molecule has 9 atom stereocenters. The lowest BCUT2D eigenvalue weighted by atomic mass is 9.45. The van der Waals surface area contributed by atoms with Crippen molar-refractivity contribution in [1.29, 1.82) is 0 Å². The lowest BCUT2D eigenvalue weighted by molar-refractivity contribution is -0.201. The normalized spacial score (nSPS) is 47.7. The molecule has 3 saturated carbocycles. The third-order valence-corrected chi connectivity index (χ3v) is 10.8. The van der Waals surface area contributed by atoms with E-state index in [-0.39, 0.29) is 41.7 Å². The Kier molecular flexibility index (Phi) is 6.37. The molecular weight excluding hydrogens is 506 g/mol. The molecule has 3 unspecified atom stereocenters. The van der Waals surface area contributed by atoms with Gasteiger partial charge in [-0.25, -0.2) is 4.39 Å². The SMILES string of the molecule is CCC(=O)O[C@]1(C(=O)CCl)C(C)C[C@H]2[C@@H]3CC(F)C4=CC(=O)C(Cl)=C[C@]4(C)[C@@]3(Cl)C(O)C[C@@]21C. The van der Waals surface area contributed by atoms with Crippen LogP contribution in [0.1, 0.15) is 53.4 Å². The van der Waals surface area contributed by atoms with Crippen LogP contribution in [-0.4, -0.2) is 51.3 Å². The summed E-state index contributed by atoms with van der Waals surface area (Å²) < 4.78 is 21.6. The van der Waals surface area contributed by atoms with Gasteiger partial charge in [0.25, 0.3) is 0 Å². The number of Topliss-reactive ketones (excluding diaryl/α,β-unsaturated/α-hetero) is 1. The highest BCUT2D eigenvalue weighted by Crippen LogP contribution is 2.72. The molecule has 3 fully saturated rings. The number of alkyl halides is 3. The molecule has 0 bridgehead atoms. The third-order valence-electron chi connectivity index (χ3n) is 9.33. The fourth-order valence-electron chi connectivity index (χ4n) is 7.80. The number of aliphatic hydroxyl groups excluding tert-OH is 1. The second kappa shape index (κ2) is 8.29. The van der Waals surface area contributed by atoms with E-state index in [1.165, 1.54) is 12.2 Å². The van der Waals surface area contributed by atoms with Crippen LogP contribution < -0.4 is 0 Å². The van der Waals surface area contributed by atoms with Gasteiger partial charge >= 0.3 is 5.97 Å². The number of fused-ring (bicyclic) bond motifs is 5. The number of ether oxygens (including phenoxy) is 1. The van der Waals surface area contributed by atoms with Gasteiger partial charge in [0.2, 0.25) is 0 Å². The van der Waals surface area contributed by atoms with Crippen LogP contribution in [-0.2, 0) is 19.1 Å². The topological polar surface area (TPSA) is 80.7 Å². The Hall–Kier alpha value is -0.950. The van der Waals surface area contributed by atoms with E-state index in [0.29, 0.717) is 6.42 Å². The van der Waals surface area contributed by atoms with E-state index in [1.54, 1.807) is 13.8 Å². The minimum atomic E-state index is -1.55. The first-order valence-electron chi connectivity index (χ1n) is 11.7. The number of carbonyl (C=O) groups is 3. The fraction of sp³-hybridized carbons (Fsp3) is 0.720. The van der Waals surface area contributed by atoms with E-state index < -0.39 is 63.0 Å². The molecule has 0 amide bonds. The summed E-state index contributed by atoms with van der Waals surface area (Å²) >= 11 is 19.6. The summed E-state index contributed by atoms with van der Waals surface area (Å²) in [5.74, 6) is -3.14. The number of halogens is 4. The van der Waals surface area contributed by atoms with Crippen LogP contribution in [0.4, 0.5) is 4.39 Å². The molecule has 4 aliphatic carbocycles. The van der Waals surface area contributed by atoms with Crippen molar-refractivity contribution in [2.45, 2.75) is 76.1 Å². The second-order valence-electron chi connectivity index (χ2n) is 10.7. The number of allylic oxidation sites excluding steroid dienone is 4. The van der Waals surface area contributed by atoms with Crippen molar-refractivity contribution in [2.24, 2.45) is 28.6 Å². The summed E-state index contributed by atoms with van der Waals surface area (Å²) in [6.45, 7) is 7.00. The Morgan fingerprint density at radius 2 is 1.91 bits per heavy atom. The van der Waals surface area contributed by atoms with Gasteiger partial charge < -0.3 is 9.84 Å². The van der Waals surface area contributed by atoms with Crippen LogP contribution in [0.2, 0.25) is 0 Å². The lowest BCUT2D eigenvalue weighted by Gasteiger charge is -2.64. The lowest BCUT2D eigenvalue weighted by Crippen LogP contribution is -2.70. The van der Waals surface area contributed by atoms with Crippen LogP contribution in [0, 0.1) is 28.6 Å². The number of aliphatic hydroxyl groups is 1. The van der Waals surface area contributed by atoms with Crippen molar-refractivity contribution in [2.75, 3.05) is 5.88 Å². The highest BCUT2D eigenvalue weighted by atomic mass is 35.5. The monoisotopic (exact) mass is 534 g/mol. The van der Waals surface area contributed by atoms with E-state index in [2.05, 4.69) is 0 Å². The molecule has 4 aliphatic rings. The Morgan fingerprint density at radius 3 is 2.50 bits per heavy atom. The number of carbonyl (C=O) groups excluding carboxylic acids is 3. The molecule has 1 N–H and O–H groups in total. The maximum Gasteiger partial charge on any atom is 0.306 e. The van der Waals surface area contributed by atoms with Crippen molar-refractivity contribution < 1.29 is 28.6 Å². The highest BCUT2D eigenvalue weighted by Gasteiger charge is 2.77. The smallest absolute Gasteiger partial charge is 0.306 e. The predicted octanol–water partition coefficient (Wildman–Crippen LogP) is 4.89. The van der Waals surface area contributed by atoms with Gasteiger partial charge in [-0.05, 0) is 48.8 Å². The average molecular weight is 536 g/mol. The predicted molar refractivity (Wildman–Crippen MR) is 128 cm³/mol. The molecule has 0 aromatic carbocycles. The van der Waals surface area contributed by atoms with Gasteiger partial charge in [-0.15, -0.1) is 23.2 Å². The number of ketones is 2. The molecule has 0 aromatic rings. The maximum absolute atomic E-state index is 15.7. The zero-order valence-electron chi connectivity index (χ0n) is 19.7. The Balaban J connectivity index is 1.90. The van der Waals surface area contributed by atoms with E-state index in [4.69, 9.17) is 39.5 Å². The zero-order valence-corrected chi connectivity index (χ0v) is 21.9. The summed E-state index contributed by atoms with van der Waals surface area (Å²) in [4.78, 5) is 36.7. The first kappa shape index (κ1) is 26.1. The van der Waals surface area contributed by atoms with E-state index in [0.717, 1.165) is 0 Å². The van der Waals surface area contributed by atoms with Gasteiger partial charge in [0.15, 0.2) is 17.2 Å². The molecule has 0 aromatic heterocycles. The van der Waals surface area contributed by atoms with Crippen LogP contribution >= 0.6 is 34.8 Å². The third kappa shape index (κ3) is 3.04. The molecule has 4 rings (SSSR count). The molecule has 0 aliphatic heterocycles. The molecule has 0 spiro atoms.